The first-order valence-corrected chi connectivity index (χ1v) is 7.79. The Balaban J connectivity index is 2.33. The summed E-state index contributed by atoms with van der Waals surface area (Å²) >= 11 is 0. The summed E-state index contributed by atoms with van der Waals surface area (Å²) in [5, 5.41) is 3.55. The van der Waals surface area contributed by atoms with Crippen LogP contribution in [0.25, 0.3) is 0 Å². The van der Waals surface area contributed by atoms with Gasteiger partial charge in [-0.3, -0.25) is 0 Å². The summed E-state index contributed by atoms with van der Waals surface area (Å²) in [6.45, 7) is 10.1. The predicted octanol–water partition coefficient (Wildman–Crippen LogP) is 4.12. The number of nitrogens with zero attached hydrogens (tertiary/aromatic N) is 1. The van der Waals surface area contributed by atoms with Crippen LogP contribution in [-0.4, -0.2) is 18.6 Å². The van der Waals surface area contributed by atoms with Gasteiger partial charge >= 0.3 is 0 Å². The van der Waals surface area contributed by atoms with Crippen LogP contribution in [0.5, 0.6) is 0 Å². The van der Waals surface area contributed by atoms with E-state index >= 15 is 0 Å². The summed E-state index contributed by atoms with van der Waals surface area (Å²) in [6, 6.07) is 10.7. The molecule has 2 nitrogen and oxygen atoms in total. The van der Waals surface area contributed by atoms with Crippen LogP contribution in [0.2, 0.25) is 0 Å². The fourth-order valence-corrected chi connectivity index (χ4v) is 3.41. The van der Waals surface area contributed by atoms with Crippen molar-refractivity contribution in [3.63, 3.8) is 0 Å². The van der Waals surface area contributed by atoms with Crippen LogP contribution in [-0.2, 0) is 0 Å². The molecule has 0 aliphatic carbocycles. The molecule has 19 heavy (non-hydrogen) atoms. The zero-order chi connectivity index (χ0) is 13.8. The van der Waals surface area contributed by atoms with Crippen LogP contribution in [0, 0.1) is 0 Å². The first-order valence-electron chi connectivity index (χ1n) is 7.79. The van der Waals surface area contributed by atoms with Crippen molar-refractivity contribution in [2.24, 2.45) is 0 Å². The Labute approximate surface area is 118 Å². The molecule has 1 N–H and O–H groups in total. The molecule has 1 saturated heterocycles. The molecule has 1 aliphatic rings. The lowest BCUT2D eigenvalue weighted by atomic mass is 10.0. The van der Waals surface area contributed by atoms with Crippen LogP contribution >= 0.6 is 0 Å². The van der Waals surface area contributed by atoms with E-state index in [9.17, 15) is 0 Å². The second-order valence-electron chi connectivity index (χ2n) is 5.73. The van der Waals surface area contributed by atoms with Crippen molar-refractivity contribution in [1.82, 2.24) is 5.32 Å². The standard InChI is InChI=1S/C17H28N2/c1-5-15-12-11-13(3)19(15)17-10-8-7-9-16(17)14(4)18-6-2/h7-10,13-15,18H,5-6,11-12H2,1-4H3. The van der Waals surface area contributed by atoms with Crippen LogP contribution in [0.15, 0.2) is 24.3 Å². The molecule has 0 saturated carbocycles. The van der Waals surface area contributed by atoms with Gasteiger partial charge in [0, 0.05) is 23.8 Å². The number of hydrogen-bond donors (Lipinski definition) is 1. The van der Waals surface area contributed by atoms with Crippen molar-refractivity contribution >= 4 is 5.69 Å². The van der Waals surface area contributed by atoms with E-state index in [1.165, 1.54) is 30.5 Å². The highest BCUT2D eigenvalue weighted by atomic mass is 15.2. The minimum Gasteiger partial charge on any atom is -0.366 e. The molecule has 1 aromatic carbocycles. The third-order valence-electron chi connectivity index (χ3n) is 4.45. The third-order valence-corrected chi connectivity index (χ3v) is 4.45. The summed E-state index contributed by atoms with van der Waals surface area (Å²) in [5.41, 5.74) is 2.88. The number of benzene rings is 1. The van der Waals surface area contributed by atoms with Crippen molar-refractivity contribution in [2.75, 3.05) is 11.4 Å². The van der Waals surface area contributed by atoms with Gasteiger partial charge in [-0.1, -0.05) is 32.0 Å². The molecular formula is C17H28N2. The zero-order valence-corrected chi connectivity index (χ0v) is 12.8. The van der Waals surface area contributed by atoms with E-state index < -0.39 is 0 Å². The van der Waals surface area contributed by atoms with Crippen molar-refractivity contribution in [1.29, 1.82) is 0 Å². The molecular weight excluding hydrogens is 232 g/mol. The quantitative estimate of drug-likeness (QED) is 0.856. The monoisotopic (exact) mass is 260 g/mol. The SMILES string of the molecule is CCNC(C)c1ccccc1N1C(C)CCC1CC. The average Bonchev–Trinajstić information content (AvgIpc) is 2.80. The van der Waals surface area contributed by atoms with Crippen LogP contribution in [0.1, 0.15) is 58.6 Å². The second-order valence-corrected chi connectivity index (χ2v) is 5.73. The molecule has 1 fully saturated rings. The van der Waals surface area contributed by atoms with E-state index in [0.717, 1.165) is 6.54 Å². The summed E-state index contributed by atoms with van der Waals surface area (Å²) < 4.78 is 0. The molecule has 0 aromatic heterocycles. The summed E-state index contributed by atoms with van der Waals surface area (Å²) in [4.78, 5) is 2.66. The van der Waals surface area contributed by atoms with Gasteiger partial charge in [-0.2, -0.15) is 0 Å². The number of hydrogen-bond acceptors (Lipinski definition) is 2. The number of para-hydroxylation sites is 1. The van der Waals surface area contributed by atoms with Crippen molar-refractivity contribution in [3.05, 3.63) is 29.8 Å². The maximum absolute atomic E-state index is 3.55. The maximum atomic E-state index is 3.55. The number of nitrogens with one attached hydrogen (secondary N) is 1. The van der Waals surface area contributed by atoms with E-state index in [1.54, 1.807) is 0 Å². The topological polar surface area (TPSA) is 15.3 Å². The largest absolute Gasteiger partial charge is 0.366 e. The third kappa shape index (κ3) is 2.94. The van der Waals surface area contributed by atoms with Crippen molar-refractivity contribution in [3.8, 4) is 0 Å². The lowest BCUT2D eigenvalue weighted by Crippen LogP contribution is -2.35. The lowest BCUT2D eigenvalue weighted by Gasteiger charge is -2.33. The molecule has 1 aromatic rings. The zero-order valence-electron chi connectivity index (χ0n) is 12.8. The number of rotatable bonds is 5. The Bertz CT molecular complexity index is 402. The Morgan fingerprint density at radius 2 is 2.00 bits per heavy atom. The fraction of sp³-hybridized carbons (Fsp3) is 0.647. The molecule has 0 bridgehead atoms. The smallest absolute Gasteiger partial charge is 0.0419 e. The molecule has 0 spiro atoms. The highest BCUT2D eigenvalue weighted by Crippen LogP contribution is 2.36. The molecule has 2 rings (SSSR count). The van der Waals surface area contributed by atoms with Gasteiger partial charge in [0.25, 0.3) is 0 Å². The summed E-state index contributed by atoms with van der Waals surface area (Å²) in [5.74, 6) is 0. The first kappa shape index (κ1) is 14.4. The molecule has 3 unspecified atom stereocenters. The lowest BCUT2D eigenvalue weighted by molar-refractivity contribution is 0.583. The Hall–Kier alpha value is -1.02. The van der Waals surface area contributed by atoms with Gasteiger partial charge in [-0.25, -0.2) is 0 Å². The van der Waals surface area contributed by atoms with Crippen LogP contribution in [0.4, 0.5) is 5.69 Å². The van der Waals surface area contributed by atoms with Crippen LogP contribution in [0.3, 0.4) is 0 Å². The van der Waals surface area contributed by atoms with Crippen molar-refractivity contribution in [2.45, 2.75) is 65.1 Å². The van der Waals surface area contributed by atoms with Gasteiger partial charge in [0.15, 0.2) is 0 Å². The molecule has 2 heteroatoms. The molecule has 3 atom stereocenters. The van der Waals surface area contributed by atoms with E-state index in [2.05, 4.69) is 62.2 Å². The average molecular weight is 260 g/mol. The molecule has 106 valence electrons. The van der Waals surface area contributed by atoms with E-state index in [0.29, 0.717) is 18.1 Å². The second kappa shape index (κ2) is 6.42. The highest BCUT2D eigenvalue weighted by molar-refractivity contribution is 5.57. The van der Waals surface area contributed by atoms with Crippen molar-refractivity contribution < 1.29 is 0 Å². The van der Waals surface area contributed by atoms with Gasteiger partial charge in [0.2, 0.25) is 0 Å². The summed E-state index contributed by atoms with van der Waals surface area (Å²) in [6.07, 6.45) is 3.90. The Morgan fingerprint density at radius 3 is 2.68 bits per heavy atom. The van der Waals surface area contributed by atoms with Gasteiger partial charge in [0.1, 0.15) is 0 Å². The molecule has 0 amide bonds. The van der Waals surface area contributed by atoms with Gasteiger partial charge < -0.3 is 10.2 Å². The Kier molecular flexibility index (Phi) is 4.87. The molecule has 1 aliphatic heterocycles. The van der Waals surface area contributed by atoms with Crippen LogP contribution < -0.4 is 10.2 Å². The minimum atomic E-state index is 0.423. The fourth-order valence-electron chi connectivity index (χ4n) is 3.41. The van der Waals surface area contributed by atoms with E-state index in [1.807, 2.05) is 0 Å². The first-order chi connectivity index (χ1) is 9.19. The number of anilines is 1. The Morgan fingerprint density at radius 1 is 1.26 bits per heavy atom. The maximum Gasteiger partial charge on any atom is 0.0419 e. The highest BCUT2D eigenvalue weighted by Gasteiger charge is 2.31. The van der Waals surface area contributed by atoms with Gasteiger partial charge in [-0.15, -0.1) is 0 Å². The summed E-state index contributed by atoms with van der Waals surface area (Å²) in [7, 11) is 0. The normalized spacial score (nSPS) is 24.7. The van der Waals surface area contributed by atoms with Gasteiger partial charge in [0.05, 0.1) is 0 Å². The van der Waals surface area contributed by atoms with E-state index in [-0.39, 0.29) is 0 Å². The molecule has 0 radical (unpaired) electrons. The van der Waals surface area contributed by atoms with Gasteiger partial charge in [-0.05, 0) is 51.3 Å². The minimum absolute atomic E-state index is 0.423. The predicted molar refractivity (Wildman–Crippen MR) is 83.8 cm³/mol. The van der Waals surface area contributed by atoms with E-state index in [4.69, 9.17) is 0 Å². The molecule has 1 heterocycles.